The summed E-state index contributed by atoms with van der Waals surface area (Å²) in [5, 5.41) is 18.4. The molecule has 3 aromatic carbocycles. The molecule has 0 saturated carbocycles. The van der Waals surface area contributed by atoms with Gasteiger partial charge in [-0.05, 0) is 30.5 Å². The van der Waals surface area contributed by atoms with E-state index in [1.807, 2.05) is 36.4 Å². The molecule has 0 radical (unpaired) electrons. The van der Waals surface area contributed by atoms with Gasteiger partial charge in [0.25, 0.3) is 11.6 Å². The smallest absolute Gasteiger partial charge is 0.339 e. The number of hydrogen-bond acceptors (Lipinski definition) is 6. The monoisotopic (exact) mass is 393 g/mol. The third kappa shape index (κ3) is 4.32. The minimum Gasteiger partial charge on any atom is -0.449 e. The number of hydrogen-bond donors (Lipinski definition) is 2. The predicted molar refractivity (Wildman–Crippen MR) is 110 cm³/mol. The lowest BCUT2D eigenvalue weighted by Crippen LogP contribution is -2.30. The van der Waals surface area contributed by atoms with Crippen LogP contribution in [-0.4, -0.2) is 30.0 Å². The molecule has 1 unspecified atom stereocenters. The van der Waals surface area contributed by atoms with Crippen LogP contribution in [0.3, 0.4) is 0 Å². The molecule has 0 saturated heterocycles. The second-order valence-corrected chi connectivity index (χ2v) is 6.30. The fourth-order valence-electron chi connectivity index (χ4n) is 2.87. The number of nitro groups is 1. The highest BCUT2D eigenvalue weighted by atomic mass is 16.6. The molecule has 3 aromatic rings. The Labute approximate surface area is 166 Å². The molecule has 0 spiro atoms. The first-order valence-corrected chi connectivity index (χ1v) is 8.86. The van der Waals surface area contributed by atoms with Gasteiger partial charge in [-0.15, -0.1) is 0 Å². The summed E-state index contributed by atoms with van der Waals surface area (Å²) >= 11 is 0. The number of amides is 1. The van der Waals surface area contributed by atoms with Crippen molar-refractivity contribution in [3.63, 3.8) is 0 Å². The molecule has 0 heterocycles. The van der Waals surface area contributed by atoms with Crippen LogP contribution >= 0.6 is 0 Å². The molecule has 148 valence electrons. The van der Waals surface area contributed by atoms with E-state index in [2.05, 4.69) is 10.6 Å². The van der Waals surface area contributed by atoms with Gasteiger partial charge in [0.1, 0.15) is 5.69 Å². The van der Waals surface area contributed by atoms with Crippen molar-refractivity contribution < 1.29 is 19.2 Å². The van der Waals surface area contributed by atoms with E-state index in [-0.39, 0.29) is 16.9 Å². The number of nitrogens with one attached hydrogen (secondary N) is 2. The number of nitro benzene ring substituents is 1. The van der Waals surface area contributed by atoms with Gasteiger partial charge < -0.3 is 15.4 Å². The van der Waals surface area contributed by atoms with Crippen LogP contribution in [0.15, 0.2) is 60.7 Å². The summed E-state index contributed by atoms with van der Waals surface area (Å²) in [7, 11) is 1.54. The van der Waals surface area contributed by atoms with E-state index in [4.69, 9.17) is 4.74 Å². The molecule has 0 aliphatic heterocycles. The van der Waals surface area contributed by atoms with Gasteiger partial charge in [0.05, 0.1) is 10.5 Å². The Balaban J connectivity index is 1.73. The number of rotatable bonds is 6. The maximum Gasteiger partial charge on any atom is 0.339 e. The van der Waals surface area contributed by atoms with E-state index in [9.17, 15) is 19.7 Å². The molecular formula is C21H19N3O5. The number of carbonyl (C=O) groups is 2. The van der Waals surface area contributed by atoms with Gasteiger partial charge in [-0.1, -0.05) is 36.4 Å². The lowest BCUT2D eigenvalue weighted by Gasteiger charge is -2.15. The van der Waals surface area contributed by atoms with Crippen molar-refractivity contribution in [3.05, 3.63) is 76.3 Å². The first-order valence-electron chi connectivity index (χ1n) is 8.86. The van der Waals surface area contributed by atoms with Crippen molar-refractivity contribution in [2.75, 3.05) is 17.7 Å². The van der Waals surface area contributed by atoms with E-state index in [1.54, 1.807) is 13.1 Å². The topological polar surface area (TPSA) is 111 Å². The van der Waals surface area contributed by atoms with Crippen LogP contribution in [-0.2, 0) is 9.53 Å². The molecule has 2 N–H and O–H groups in total. The molecule has 3 rings (SSSR count). The van der Waals surface area contributed by atoms with Crippen LogP contribution in [0.2, 0.25) is 0 Å². The number of anilines is 2. The zero-order valence-electron chi connectivity index (χ0n) is 15.8. The summed E-state index contributed by atoms with van der Waals surface area (Å²) in [6.45, 7) is 1.44. The van der Waals surface area contributed by atoms with E-state index < -0.39 is 22.9 Å². The largest absolute Gasteiger partial charge is 0.449 e. The summed E-state index contributed by atoms with van der Waals surface area (Å²) in [4.78, 5) is 35.4. The van der Waals surface area contributed by atoms with Crippen LogP contribution in [0.1, 0.15) is 17.3 Å². The third-order valence-electron chi connectivity index (χ3n) is 4.40. The van der Waals surface area contributed by atoms with Crippen molar-refractivity contribution in [2.24, 2.45) is 0 Å². The predicted octanol–water partition coefficient (Wildman–Crippen LogP) is 3.97. The molecule has 1 amide bonds. The standard InChI is InChI=1S/C21H19N3O5/c1-13(20(25)23-17-9-5-7-14-6-3-4-8-16(14)17)29-21(26)15-10-11-18(22-2)19(12-15)24(27)28/h3-13,22H,1-2H3,(H,23,25). The van der Waals surface area contributed by atoms with Gasteiger partial charge in [0.2, 0.25) is 0 Å². The highest BCUT2D eigenvalue weighted by Crippen LogP contribution is 2.26. The fraction of sp³-hybridized carbons (Fsp3) is 0.143. The van der Waals surface area contributed by atoms with E-state index in [0.29, 0.717) is 5.69 Å². The summed E-state index contributed by atoms with van der Waals surface area (Å²) in [5.74, 6) is -1.33. The van der Waals surface area contributed by atoms with Crippen molar-refractivity contribution in [2.45, 2.75) is 13.0 Å². The summed E-state index contributed by atoms with van der Waals surface area (Å²) in [6.07, 6.45) is -1.09. The van der Waals surface area contributed by atoms with Gasteiger partial charge >= 0.3 is 5.97 Å². The van der Waals surface area contributed by atoms with Crippen molar-refractivity contribution >= 4 is 39.7 Å². The molecule has 1 atom stereocenters. The van der Waals surface area contributed by atoms with Gasteiger partial charge in [-0.3, -0.25) is 14.9 Å². The zero-order chi connectivity index (χ0) is 21.0. The Morgan fingerprint density at radius 3 is 2.48 bits per heavy atom. The van der Waals surface area contributed by atoms with Crippen molar-refractivity contribution in [1.82, 2.24) is 0 Å². The van der Waals surface area contributed by atoms with E-state index in [0.717, 1.165) is 16.8 Å². The lowest BCUT2D eigenvalue weighted by molar-refractivity contribution is -0.384. The summed E-state index contributed by atoms with van der Waals surface area (Å²) < 4.78 is 5.20. The quantitative estimate of drug-likeness (QED) is 0.372. The van der Waals surface area contributed by atoms with Gasteiger partial charge in [0, 0.05) is 24.2 Å². The number of benzene rings is 3. The van der Waals surface area contributed by atoms with Crippen molar-refractivity contribution in [1.29, 1.82) is 0 Å². The molecule has 0 aliphatic carbocycles. The number of carbonyl (C=O) groups excluding carboxylic acids is 2. The van der Waals surface area contributed by atoms with Crippen LogP contribution in [0, 0.1) is 10.1 Å². The normalized spacial score (nSPS) is 11.5. The first kappa shape index (κ1) is 19.8. The molecule has 0 aliphatic rings. The highest BCUT2D eigenvalue weighted by molar-refractivity contribution is 6.04. The van der Waals surface area contributed by atoms with Crippen molar-refractivity contribution in [3.8, 4) is 0 Å². The molecule has 8 heteroatoms. The van der Waals surface area contributed by atoms with Gasteiger partial charge in [0.15, 0.2) is 6.10 Å². The average molecular weight is 393 g/mol. The molecular weight excluding hydrogens is 374 g/mol. The molecule has 0 bridgehead atoms. The first-order chi connectivity index (χ1) is 13.9. The number of esters is 1. The molecule has 8 nitrogen and oxygen atoms in total. The van der Waals surface area contributed by atoms with Crippen LogP contribution < -0.4 is 10.6 Å². The highest BCUT2D eigenvalue weighted by Gasteiger charge is 2.22. The second kappa shape index (κ2) is 8.39. The minimum atomic E-state index is -1.09. The average Bonchev–Trinajstić information content (AvgIpc) is 2.73. The summed E-state index contributed by atoms with van der Waals surface area (Å²) in [5.41, 5.74) is 0.605. The Bertz CT molecular complexity index is 1090. The Morgan fingerprint density at radius 2 is 1.76 bits per heavy atom. The maximum atomic E-state index is 12.5. The second-order valence-electron chi connectivity index (χ2n) is 6.30. The molecule has 0 fully saturated rings. The third-order valence-corrected chi connectivity index (χ3v) is 4.40. The fourth-order valence-corrected chi connectivity index (χ4v) is 2.87. The minimum absolute atomic E-state index is 0.0134. The zero-order valence-corrected chi connectivity index (χ0v) is 15.8. The Hall–Kier alpha value is -3.94. The lowest BCUT2D eigenvalue weighted by atomic mass is 10.1. The van der Waals surface area contributed by atoms with Crippen LogP contribution in [0.4, 0.5) is 17.1 Å². The van der Waals surface area contributed by atoms with Gasteiger partial charge in [-0.2, -0.15) is 0 Å². The van der Waals surface area contributed by atoms with Crippen LogP contribution in [0.5, 0.6) is 0 Å². The van der Waals surface area contributed by atoms with Gasteiger partial charge in [-0.25, -0.2) is 4.79 Å². The SMILES string of the molecule is CNc1ccc(C(=O)OC(C)C(=O)Nc2cccc3ccccc23)cc1[N+](=O)[O-]. The number of ether oxygens (including phenoxy) is 1. The van der Waals surface area contributed by atoms with Crippen LogP contribution in [0.25, 0.3) is 10.8 Å². The maximum absolute atomic E-state index is 12.5. The van der Waals surface area contributed by atoms with E-state index in [1.165, 1.54) is 19.1 Å². The molecule has 0 aromatic heterocycles. The molecule has 29 heavy (non-hydrogen) atoms. The Morgan fingerprint density at radius 1 is 1.03 bits per heavy atom. The summed E-state index contributed by atoms with van der Waals surface area (Å²) in [6, 6.07) is 17.0. The number of fused-ring (bicyclic) bond motifs is 1. The Kier molecular flexibility index (Phi) is 5.73. The van der Waals surface area contributed by atoms with E-state index >= 15 is 0 Å². The number of nitrogens with zero attached hydrogens (tertiary/aromatic N) is 1.